The minimum Gasteiger partial charge on any atom is -0.292 e. The van der Waals surface area contributed by atoms with Crippen molar-refractivity contribution in [2.45, 2.75) is 42.5 Å². The molecule has 2 atom stereocenters. The highest BCUT2D eigenvalue weighted by molar-refractivity contribution is 7.89. The summed E-state index contributed by atoms with van der Waals surface area (Å²) in [4.78, 5) is 2.71. The molecule has 6 heteroatoms. The van der Waals surface area contributed by atoms with E-state index in [1.165, 1.54) is 0 Å². The predicted molar refractivity (Wildman–Crippen MR) is 87.1 cm³/mol. The maximum atomic E-state index is 12.7. The van der Waals surface area contributed by atoms with Gasteiger partial charge in [-0.1, -0.05) is 17.7 Å². The van der Waals surface area contributed by atoms with Crippen LogP contribution in [0.4, 0.5) is 0 Å². The first kappa shape index (κ1) is 15.3. The molecule has 0 bridgehead atoms. The van der Waals surface area contributed by atoms with Crippen molar-refractivity contribution in [3.8, 4) is 0 Å². The summed E-state index contributed by atoms with van der Waals surface area (Å²) in [7, 11) is -3.33. The Balaban J connectivity index is 1.74. The van der Waals surface area contributed by atoms with Crippen LogP contribution in [0.15, 0.2) is 29.2 Å². The Kier molecular flexibility index (Phi) is 3.84. The zero-order valence-electron chi connectivity index (χ0n) is 12.5. The lowest BCUT2D eigenvalue weighted by Gasteiger charge is -2.34. The summed E-state index contributed by atoms with van der Waals surface area (Å²) in [6, 6.07) is 7.13. The fourth-order valence-electron chi connectivity index (χ4n) is 3.13. The Hall–Kier alpha value is -0.560. The number of benzene rings is 1. The first-order valence-electron chi connectivity index (χ1n) is 7.37. The van der Waals surface area contributed by atoms with Crippen molar-refractivity contribution in [3.05, 3.63) is 29.8 Å². The maximum absolute atomic E-state index is 12.7. The Morgan fingerprint density at radius 2 is 1.76 bits per heavy atom. The third-order valence-electron chi connectivity index (χ3n) is 4.73. The van der Waals surface area contributed by atoms with Gasteiger partial charge in [0.25, 0.3) is 0 Å². The number of thiol groups is 1. The van der Waals surface area contributed by atoms with Crippen LogP contribution < -0.4 is 0 Å². The number of piperidine rings is 1. The van der Waals surface area contributed by atoms with E-state index < -0.39 is 10.0 Å². The summed E-state index contributed by atoms with van der Waals surface area (Å²) in [6.45, 7) is 6.53. The number of likely N-dealkylation sites (tertiary alicyclic amines) is 1. The Morgan fingerprint density at radius 1 is 1.19 bits per heavy atom. The molecule has 1 spiro atoms. The summed E-state index contributed by atoms with van der Waals surface area (Å²) < 4.78 is 27.1. The van der Waals surface area contributed by atoms with E-state index in [0.717, 1.165) is 31.5 Å². The zero-order chi connectivity index (χ0) is 15.3. The fraction of sp³-hybridized carbons (Fsp3) is 0.600. The van der Waals surface area contributed by atoms with Crippen molar-refractivity contribution in [1.82, 2.24) is 9.21 Å². The summed E-state index contributed by atoms with van der Waals surface area (Å²) >= 11 is 4.46. The second-order valence-electron chi connectivity index (χ2n) is 6.22. The van der Waals surface area contributed by atoms with E-state index in [2.05, 4.69) is 24.5 Å². The van der Waals surface area contributed by atoms with E-state index in [9.17, 15) is 8.42 Å². The molecule has 0 aromatic heterocycles. The summed E-state index contributed by atoms with van der Waals surface area (Å²) in [6.07, 6.45) is 1.81. The summed E-state index contributed by atoms with van der Waals surface area (Å²) in [5.74, 6) is 0. The molecule has 2 aliphatic rings. The molecular weight excluding hydrogens is 304 g/mol. The highest BCUT2D eigenvalue weighted by Gasteiger charge is 2.59. The van der Waals surface area contributed by atoms with Crippen LogP contribution in [0, 0.1) is 6.92 Å². The van der Waals surface area contributed by atoms with Crippen molar-refractivity contribution < 1.29 is 8.42 Å². The van der Waals surface area contributed by atoms with Gasteiger partial charge in [0.1, 0.15) is 0 Å². The molecule has 2 heterocycles. The molecule has 0 radical (unpaired) electrons. The van der Waals surface area contributed by atoms with Gasteiger partial charge in [0.05, 0.1) is 10.4 Å². The minimum absolute atomic E-state index is 0.136. The van der Waals surface area contributed by atoms with Crippen molar-refractivity contribution in [2.24, 2.45) is 0 Å². The average molecular weight is 326 g/mol. The molecule has 2 fully saturated rings. The molecule has 2 aliphatic heterocycles. The monoisotopic (exact) mass is 326 g/mol. The van der Waals surface area contributed by atoms with E-state index in [1.807, 2.05) is 19.1 Å². The third-order valence-corrected chi connectivity index (χ3v) is 7.02. The van der Waals surface area contributed by atoms with Crippen LogP contribution in [0.2, 0.25) is 0 Å². The van der Waals surface area contributed by atoms with Gasteiger partial charge in [0.15, 0.2) is 0 Å². The smallest absolute Gasteiger partial charge is 0.243 e. The molecule has 0 aliphatic carbocycles. The van der Waals surface area contributed by atoms with Crippen molar-refractivity contribution in [1.29, 1.82) is 0 Å². The van der Waals surface area contributed by atoms with Gasteiger partial charge in [0, 0.05) is 25.0 Å². The quantitative estimate of drug-likeness (QED) is 0.683. The summed E-state index contributed by atoms with van der Waals surface area (Å²) in [5, 5.41) is 0.239. The van der Waals surface area contributed by atoms with Gasteiger partial charge < -0.3 is 0 Å². The highest BCUT2D eigenvalue weighted by atomic mass is 32.2. The molecule has 0 N–H and O–H groups in total. The molecular formula is C15H22N2O2S2. The molecule has 0 amide bonds. The van der Waals surface area contributed by atoms with Crippen LogP contribution in [0.1, 0.15) is 25.3 Å². The number of rotatable bonds is 3. The zero-order valence-corrected chi connectivity index (χ0v) is 14.2. The van der Waals surface area contributed by atoms with E-state index in [1.54, 1.807) is 16.4 Å². The maximum Gasteiger partial charge on any atom is 0.243 e. The molecule has 3 rings (SSSR count). The second kappa shape index (κ2) is 5.26. The normalized spacial score (nSPS) is 26.7. The first-order chi connectivity index (χ1) is 9.85. The van der Waals surface area contributed by atoms with E-state index in [0.29, 0.717) is 11.4 Å². The van der Waals surface area contributed by atoms with Crippen LogP contribution in [-0.4, -0.2) is 48.2 Å². The fourth-order valence-corrected chi connectivity index (χ4v) is 5.20. The lowest BCUT2D eigenvalue weighted by atomic mass is 9.97. The second-order valence-corrected chi connectivity index (χ2v) is 8.83. The van der Waals surface area contributed by atoms with Crippen LogP contribution in [0.25, 0.3) is 0 Å². The Labute approximate surface area is 132 Å². The molecule has 1 aromatic rings. The van der Waals surface area contributed by atoms with E-state index in [4.69, 9.17) is 0 Å². The van der Waals surface area contributed by atoms with E-state index in [-0.39, 0.29) is 10.9 Å². The van der Waals surface area contributed by atoms with Crippen molar-refractivity contribution >= 4 is 22.7 Å². The molecule has 2 saturated heterocycles. The van der Waals surface area contributed by atoms with Gasteiger partial charge in [-0.2, -0.15) is 16.9 Å². The van der Waals surface area contributed by atoms with Gasteiger partial charge >= 0.3 is 0 Å². The summed E-state index contributed by atoms with van der Waals surface area (Å²) in [5.41, 5.74) is 0.939. The van der Waals surface area contributed by atoms with Crippen LogP contribution in [0.5, 0.6) is 0 Å². The standard InChI is InChI=1S/C15H22N2O2S2/c1-12-3-5-14(6-4-12)21(18,19)17-11-15(17)7-9-16(10-8-15)13(2)20/h3-6,13,20H,7-11H2,1-2H3. The number of sulfonamides is 1. The Bertz CT molecular complexity index is 618. The lowest BCUT2D eigenvalue weighted by Crippen LogP contribution is -2.42. The van der Waals surface area contributed by atoms with Gasteiger partial charge in [-0.05, 0) is 38.8 Å². The van der Waals surface area contributed by atoms with E-state index >= 15 is 0 Å². The number of nitrogens with zero attached hydrogens (tertiary/aromatic N) is 2. The van der Waals surface area contributed by atoms with Gasteiger partial charge in [0.2, 0.25) is 10.0 Å². The minimum atomic E-state index is -3.33. The van der Waals surface area contributed by atoms with Crippen LogP contribution >= 0.6 is 12.6 Å². The molecule has 21 heavy (non-hydrogen) atoms. The van der Waals surface area contributed by atoms with Crippen LogP contribution in [0.3, 0.4) is 0 Å². The third kappa shape index (κ3) is 2.74. The largest absolute Gasteiger partial charge is 0.292 e. The average Bonchev–Trinajstić information content (AvgIpc) is 3.14. The number of hydrogen-bond donors (Lipinski definition) is 1. The molecule has 116 valence electrons. The Morgan fingerprint density at radius 3 is 2.29 bits per heavy atom. The highest BCUT2D eigenvalue weighted by Crippen LogP contribution is 2.46. The molecule has 4 nitrogen and oxygen atoms in total. The number of hydrogen-bond acceptors (Lipinski definition) is 4. The molecule has 1 aromatic carbocycles. The lowest BCUT2D eigenvalue weighted by molar-refractivity contribution is 0.187. The SMILES string of the molecule is Cc1ccc(S(=O)(=O)N2CC23CCN(C(C)S)CC3)cc1. The molecule has 0 saturated carbocycles. The molecule has 2 unspecified atom stereocenters. The van der Waals surface area contributed by atoms with Gasteiger partial charge in [-0.25, -0.2) is 8.42 Å². The topological polar surface area (TPSA) is 40.4 Å². The predicted octanol–water partition coefficient (Wildman–Crippen LogP) is 2.11. The van der Waals surface area contributed by atoms with Crippen molar-refractivity contribution in [3.63, 3.8) is 0 Å². The number of aryl methyl sites for hydroxylation is 1. The van der Waals surface area contributed by atoms with Crippen molar-refractivity contribution in [2.75, 3.05) is 19.6 Å². The van der Waals surface area contributed by atoms with Gasteiger partial charge in [-0.3, -0.25) is 4.90 Å². The van der Waals surface area contributed by atoms with Gasteiger partial charge in [-0.15, -0.1) is 0 Å². The first-order valence-corrected chi connectivity index (χ1v) is 9.32. The van der Waals surface area contributed by atoms with Crippen LogP contribution in [-0.2, 0) is 10.0 Å².